The summed E-state index contributed by atoms with van der Waals surface area (Å²) in [6, 6.07) is 5.43. The molecule has 120 valence electrons. The minimum atomic E-state index is -3.61. The molecule has 0 unspecified atom stereocenters. The predicted molar refractivity (Wildman–Crippen MR) is 84.9 cm³/mol. The number of ether oxygens (including phenoxy) is 1. The van der Waals surface area contributed by atoms with E-state index in [0.29, 0.717) is 22.2 Å². The number of rotatable bonds is 6. The summed E-state index contributed by atoms with van der Waals surface area (Å²) in [5.74, 6) is 0.538. The Morgan fingerprint density at radius 2 is 2.05 bits per heavy atom. The van der Waals surface area contributed by atoms with Crippen LogP contribution in [0.15, 0.2) is 23.1 Å². The molecule has 2 aromatic rings. The minimum Gasteiger partial charge on any atom is -0.491 e. The van der Waals surface area contributed by atoms with Crippen molar-refractivity contribution >= 4 is 21.6 Å². The van der Waals surface area contributed by atoms with Crippen molar-refractivity contribution in [2.75, 3.05) is 13.2 Å². The third kappa shape index (κ3) is 3.79. The highest BCUT2D eigenvalue weighted by Gasteiger charge is 2.21. The fraction of sp³-hybridized carbons (Fsp3) is 0.357. The first kappa shape index (κ1) is 16.8. The molecule has 0 aliphatic carbocycles. The smallest absolute Gasteiger partial charge is 0.244 e. The van der Waals surface area contributed by atoms with Crippen molar-refractivity contribution in [3.63, 3.8) is 0 Å². The second kappa shape index (κ2) is 6.68. The number of aromatic nitrogens is 2. The molecule has 1 aromatic heterocycles. The van der Waals surface area contributed by atoms with Crippen LogP contribution in [0.3, 0.4) is 0 Å². The van der Waals surface area contributed by atoms with E-state index in [1.165, 1.54) is 0 Å². The number of aromatic amines is 1. The predicted octanol–water partition coefficient (Wildman–Crippen LogP) is 2.35. The maximum Gasteiger partial charge on any atom is 0.244 e. The van der Waals surface area contributed by atoms with Crippen LogP contribution in [0.1, 0.15) is 17.0 Å². The van der Waals surface area contributed by atoms with Gasteiger partial charge in [0, 0.05) is 6.54 Å². The molecule has 1 aromatic carbocycles. The van der Waals surface area contributed by atoms with E-state index >= 15 is 0 Å². The van der Waals surface area contributed by atoms with Crippen molar-refractivity contribution in [1.29, 1.82) is 0 Å². The number of nitrogens with zero attached hydrogens (tertiary/aromatic N) is 1. The molecule has 22 heavy (non-hydrogen) atoms. The molecule has 0 saturated heterocycles. The van der Waals surface area contributed by atoms with Crippen molar-refractivity contribution in [3.05, 3.63) is 40.2 Å². The Hall–Kier alpha value is -1.57. The second-order valence-electron chi connectivity index (χ2n) is 4.94. The van der Waals surface area contributed by atoms with Gasteiger partial charge in [0.15, 0.2) is 0 Å². The zero-order valence-electron chi connectivity index (χ0n) is 12.6. The van der Waals surface area contributed by atoms with Crippen LogP contribution in [0.4, 0.5) is 0 Å². The Morgan fingerprint density at radius 1 is 1.32 bits per heavy atom. The molecular weight excluding hydrogens is 326 g/mol. The van der Waals surface area contributed by atoms with E-state index in [0.717, 1.165) is 5.56 Å². The first-order chi connectivity index (χ1) is 10.3. The Bertz CT molecular complexity index is 752. The first-order valence-electron chi connectivity index (χ1n) is 6.71. The SMILES string of the molecule is Cc1ccc(Cl)c(OCCNS(=O)(=O)c2c(C)n[nH]c2C)c1. The van der Waals surface area contributed by atoms with Gasteiger partial charge in [0.1, 0.15) is 17.3 Å². The van der Waals surface area contributed by atoms with Gasteiger partial charge in [0.2, 0.25) is 10.0 Å². The lowest BCUT2D eigenvalue weighted by molar-refractivity contribution is 0.323. The lowest BCUT2D eigenvalue weighted by Crippen LogP contribution is -2.29. The van der Waals surface area contributed by atoms with Crippen LogP contribution in [0.2, 0.25) is 5.02 Å². The van der Waals surface area contributed by atoms with Crippen molar-refractivity contribution in [1.82, 2.24) is 14.9 Å². The summed E-state index contributed by atoms with van der Waals surface area (Å²) in [7, 11) is -3.61. The average molecular weight is 344 g/mol. The molecule has 0 aliphatic heterocycles. The maximum absolute atomic E-state index is 12.2. The van der Waals surface area contributed by atoms with Crippen LogP contribution >= 0.6 is 11.6 Å². The summed E-state index contributed by atoms with van der Waals surface area (Å²) in [4.78, 5) is 0.182. The van der Waals surface area contributed by atoms with E-state index in [1.807, 2.05) is 13.0 Å². The average Bonchev–Trinajstić information content (AvgIpc) is 2.78. The van der Waals surface area contributed by atoms with Crippen LogP contribution < -0.4 is 9.46 Å². The molecule has 0 radical (unpaired) electrons. The fourth-order valence-electron chi connectivity index (χ4n) is 2.07. The lowest BCUT2D eigenvalue weighted by atomic mass is 10.2. The highest BCUT2D eigenvalue weighted by Crippen LogP contribution is 2.25. The fourth-order valence-corrected chi connectivity index (χ4v) is 3.62. The number of H-pyrrole nitrogens is 1. The van der Waals surface area contributed by atoms with Gasteiger partial charge in [-0.2, -0.15) is 5.10 Å². The molecule has 0 spiro atoms. The summed E-state index contributed by atoms with van der Waals surface area (Å²) in [5, 5.41) is 7.04. The van der Waals surface area contributed by atoms with E-state index in [1.54, 1.807) is 26.0 Å². The minimum absolute atomic E-state index is 0.136. The van der Waals surface area contributed by atoms with E-state index < -0.39 is 10.0 Å². The third-order valence-corrected chi connectivity index (χ3v) is 5.10. The van der Waals surface area contributed by atoms with Crippen LogP contribution in [0.5, 0.6) is 5.75 Å². The number of nitrogens with one attached hydrogen (secondary N) is 2. The quantitative estimate of drug-likeness (QED) is 0.788. The van der Waals surface area contributed by atoms with Gasteiger partial charge in [0.25, 0.3) is 0 Å². The molecule has 0 fully saturated rings. The van der Waals surface area contributed by atoms with Crippen molar-refractivity contribution < 1.29 is 13.2 Å². The zero-order valence-corrected chi connectivity index (χ0v) is 14.2. The van der Waals surface area contributed by atoms with Crippen LogP contribution in [-0.4, -0.2) is 31.8 Å². The van der Waals surface area contributed by atoms with E-state index in [-0.39, 0.29) is 18.0 Å². The van der Waals surface area contributed by atoms with Gasteiger partial charge in [-0.1, -0.05) is 17.7 Å². The summed E-state index contributed by atoms with van der Waals surface area (Å²) in [5.41, 5.74) is 1.96. The molecule has 6 nitrogen and oxygen atoms in total. The van der Waals surface area contributed by atoms with Crippen molar-refractivity contribution in [3.8, 4) is 5.75 Å². The van der Waals surface area contributed by atoms with Crippen molar-refractivity contribution in [2.45, 2.75) is 25.7 Å². The van der Waals surface area contributed by atoms with Gasteiger partial charge < -0.3 is 4.74 Å². The molecular formula is C14H18ClN3O3S. The number of hydrogen-bond donors (Lipinski definition) is 2. The van der Waals surface area contributed by atoms with Crippen LogP contribution in [0, 0.1) is 20.8 Å². The number of hydrogen-bond acceptors (Lipinski definition) is 4. The summed E-state index contributed by atoms with van der Waals surface area (Å²) in [6.45, 7) is 5.55. The zero-order chi connectivity index (χ0) is 16.3. The molecule has 0 amide bonds. The molecule has 2 rings (SSSR count). The van der Waals surface area contributed by atoms with Gasteiger partial charge in [0.05, 0.1) is 16.4 Å². The highest BCUT2D eigenvalue weighted by atomic mass is 35.5. The topological polar surface area (TPSA) is 84.1 Å². The lowest BCUT2D eigenvalue weighted by Gasteiger charge is -2.10. The van der Waals surface area contributed by atoms with Gasteiger partial charge in [-0.25, -0.2) is 13.1 Å². The molecule has 0 atom stereocenters. The molecule has 0 bridgehead atoms. The third-order valence-electron chi connectivity index (χ3n) is 3.07. The van der Waals surface area contributed by atoms with Crippen molar-refractivity contribution in [2.24, 2.45) is 0 Å². The molecule has 2 N–H and O–H groups in total. The van der Waals surface area contributed by atoms with E-state index in [2.05, 4.69) is 14.9 Å². The monoisotopic (exact) mass is 343 g/mol. The molecule has 0 saturated carbocycles. The van der Waals surface area contributed by atoms with Crippen LogP contribution in [-0.2, 0) is 10.0 Å². The van der Waals surface area contributed by atoms with Crippen LogP contribution in [0.25, 0.3) is 0 Å². The number of aryl methyl sites for hydroxylation is 3. The second-order valence-corrected chi connectivity index (χ2v) is 7.05. The summed E-state index contributed by atoms with van der Waals surface area (Å²) in [6.07, 6.45) is 0. The first-order valence-corrected chi connectivity index (χ1v) is 8.57. The maximum atomic E-state index is 12.2. The Morgan fingerprint density at radius 3 is 2.68 bits per heavy atom. The van der Waals surface area contributed by atoms with Gasteiger partial charge in [-0.05, 0) is 38.5 Å². The van der Waals surface area contributed by atoms with Gasteiger partial charge in [-0.15, -0.1) is 0 Å². The van der Waals surface area contributed by atoms with Gasteiger partial charge in [-0.3, -0.25) is 5.10 Å². The normalized spacial score (nSPS) is 11.6. The summed E-state index contributed by atoms with van der Waals surface area (Å²) < 4.78 is 32.4. The Labute approximate surface area is 134 Å². The summed E-state index contributed by atoms with van der Waals surface area (Å²) >= 11 is 6.01. The number of halogens is 1. The molecule has 0 aliphatic rings. The number of benzene rings is 1. The van der Waals surface area contributed by atoms with E-state index in [4.69, 9.17) is 16.3 Å². The Balaban J connectivity index is 1.95. The highest BCUT2D eigenvalue weighted by molar-refractivity contribution is 7.89. The molecule has 1 heterocycles. The standard InChI is InChI=1S/C14H18ClN3O3S/c1-9-4-5-12(15)13(8-9)21-7-6-16-22(19,20)14-10(2)17-18-11(14)3/h4-5,8,16H,6-7H2,1-3H3,(H,17,18). The Kier molecular flexibility index (Phi) is 5.10. The largest absolute Gasteiger partial charge is 0.491 e. The molecule has 8 heteroatoms. The number of sulfonamides is 1. The van der Waals surface area contributed by atoms with Gasteiger partial charge >= 0.3 is 0 Å². The van der Waals surface area contributed by atoms with E-state index in [9.17, 15) is 8.42 Å².